The van der Waals surface area contributed by atoms with Crippen LogP contribution in [0.1, 0.15) is 0 Å². The normalized spacial score (nSPS) is 12.0. The highest BCUT2D eigenvalue weighted by atomic mass is 32.2. The maximum atomic E-state index is 12.0. The van der Waals surface area contributed by atoms with Gasteiger partial charge >= 0.3 is 0 Å². The van der Waals surface area contributed by atoms with Gasteiger partial charge in [0.05, 0.1) is 10.6 Å². The molecule has 0 N–H and O–H groups in total. The van der Waals surface area contributed by atoms with Gasteiger partial charge in [0.2, 0.25) is 0 Å². The Morgan fingerprint density at radius 3 is 2.63 bits per heavy atom. The smallest absolute Gasteiger partial charge is 0.231 e. The molecule has 0 spiro atoms. The number of rotatable bonds is 4. The van der Waals surface area contributed by atoms with Crippen molar-refractivity contribution >= 4 is 33.1 Å². The van der Waals surface area contributed by atoms with Crippen LogP contribution in [-0.2, 0) is 10.0 Å². The first-order valence-electron chi connectivity index (χ1n) is 5.35. The highest BCUT2D eigenvalue weighted by molar-refractivity contribution is 7.98. The summed E-state index contributed by atoms with van der Waals surface area (Å²) in [6.07, 6.45) is 3.57. The van der Waals surface area contributed by atoms with Crippen LogP contribution in [0.15, 0.2) is 33.8 Å². The number of hydrogen-bond acceptors (Lipinski definition) is 6. The maximum absolute atomic E-state index is 12.0. The topological polar surface area (TPSA) is 63.2 Å². The number of thiophene rings is 1. The molecule has 0 atom stereocenters. The second kappa shape index (κ2) is 5.58. The van der Waals surface area contributed by atoms with Crippen LogP contribution in [0, 0.1) is 0 Å². The predicted octanol–water partition coefficient (Wildman–Crippen LogP) is 2.18. The third-order valence-electron chi connectivity index (χ3n) is 2.38. The molecule has 0 aromatic carbocycles. The van der Waals surface area contributed by atoms with Crippen molar-refractivity contribution in [2.24, 2.45) is 0 Å². The SMILES string of the molecule is CSc1nccc(-c2ccc(S(=O)(=O)N(C)C)s2)n1. The zero-order chi connectivity index (χ0) is 14.0. The Balaban J connectivity index is 2.41. The van der Waals surface area contributed by atoms with E-state index in [9.17, 15) is 8.42 Å². The summed E-state index contributed by atoms with van der Waals surface area (Å²) in [4.78, 5) is 9.27. The Kier molecular flexibility index (Phi) is 4.24. The Morgan fingerprint density at radius 1 is 1.26 bits per heavy atom. The lowest BCUT2D eigenvalue weighted by atomic mass is 10.3. The largest absolute Gasteiger partial charge is 0.252 e. The van der Waals surface area contributed by atoms with Gasteiger partial charge in [0.25, 0.3) is 10.0 Å². The van der Waals surface area contributed by atoms with Crippen molar-refractivity contribution in [2.45, 2.75) is 9.37 Å². The molecule has 0 radical (unpaired) electrons. The van der Waals surface area contributed by atoms with E-state index in [1.807, 2.05) is 6.26 Å². The van der Waals surface area contributed by atoms with E-state index in [-0.39, 0.29) is 0 Å². The molecular formula is C11H13N3O2S3. The lowest BCUT2D eigenvalue weighted by molar-refractivity contribution is 0.523. The predicted molar refractivity (Wildman–Crippen MR) is 78.0 cm³/mol. The third kappa shape index (κ3) is 2.97. The Hall–Kier alpha value is -0.960. The summed E-state index contributed by atoms with van der Waals surface area (Å²) in [7, 11) is -0.338. The van der Waals surface area contributed by atoms with Gasteiger partial charge in [0.1, 0.15) is 4.21 Å². The van der Waals surface area contributed by atoms with Crippen molar-refractivity contribution in [3.63, 3.8) is 0 Å². The van der Waals surface area contributed by atoms with Gasteiger partial charge in [-0.15, -0.1) is 11.3 Å². The maximum Gasteiger partial charge on any atom is 0.252 e. The zero-order valence-electron chi connectivity index (χ0n) is 10.7. The molecule has 102 valence electrons. The summed E-state index contributed by atoms with van der Waals surface area (Å²) in [6, 6.07) is 5.15. The van der Waals surface area contributed by atoms with E-state index >= 15 is 0 Å². The van der Waals surface area contributed by atoms with E-state index in [0.717, 1.165) is 10.6 Å². The lowest BCUT2D eigenvalue weighted by Crippen LogP contribution is -2.21. The second-order valence-electron chi connectivity index (χ2n) is 3.83. The van der Waals surface area contributed by atoms with Crippen molar-refractivity contribution in [3.05, 3.63) is 24.4 Å². The van der Waals surface area contributed by atoms with E-state index in [1.165, 1.54) is 41.5 Å². The summed E-state index contributed by atoms with van der Waals surface area (Å²) < 4.78 is 25.5. The number of hydrogen-bond donors (Lipinski definition) is 0. The first-order valence-corrected chi connectivity index (χ1v) is 8.83. The fraction of sp³-hybridized carbons (Fsp3) is 0.273. The molecule has 0 aliphatic rings. The molecule has 2 aromatic heterocycles. The number of aromatic nitrogens is 2. The highest BCUT2D eigenvalue weighted by Crippen LogP contribution is 2.31. The number of sulfonamides is 1. The van der Waals surface area contributed by atoms with E-state index < -0.39 is 10.0 Å². The third-order valence-corrected chi connectivity index (χ3v) is 6.34. The van der Waals surface area contributed by atoms with E-state index in [4.69, 9.17) is 0 Å². The Morgan fingerprint density at radius 2 is 2.00 bits per heavy atom. The average molecular weight is 315 g/mol. The van der Waals surface area contributed by atoms with Gasteiger partial charge in [-0.05, 0) is 24.5 Å². The van der Waals surface area contributed by atoms with Crippen molar-refractivity contribution in [1.29, 1.82) is 0 Å². The standard InChI is InChI=1S/C11H13N3O2S3/c1-14(2)19(15,16)10-5-4-9(18-10)8-6-7-12-11(13-8)17-3/h4-7H,1-3H3. The summed E-state index contributed by atoms with van der Waals surface area (Å²) in [5.74, 6) is 0. The van der Waals surface area contributed by atoms with Gasteiger partial charge in [-0.1, -0.05) is 11.8 Å². The van der Waals surface area contributed by atoms with Crippen molar-refractivity contribution in [1.82, 2.24) is 14.3 Å². The minimum Gasteiger partial charge on any atom is -0.231 e. The van der Waals surface area contributed by atoms with Crippen LogP contribution in [0.3, 0.4) is 0 Å². The summed E-state index contributed by atoms with van der Waals surface area (Å²) in [6.45, 7) is 0. The zero-order valence-corrected chi connectivity index (χ0v) is 13.1. The molecule has 0 aliphatic heterocycles. The van der Waals surface area contributed by atoms with E-state index in [1.54, 1.807) is 24.4 Å². The van der Waals surface area contributed by atoms with Gasteiger partial charge in [0.15, 0.2) is 5.16 Å². The van der Waals surface area contributed by atoms with Crippen molar-refractivity contribution in [3.8, 4) is 10.6 Å². The van der Waals surface area contributed by atoms with Gasteiger partial charge in [-0.2, -0.15) is 0 Å². The molecule has 0 amide bonds. The molecule has 2 rings (SSSR count). The number of thioether (sulfide) groups is 1. The molecule has 0 unspecified atom stereocenters. The minimum absolute atomic E-state index is 0.316. The molecule has 0 fully saturated rings. The molecule has 8 heteroatoms. The Labute approximate surface area is 120 Å². The van der Waals surface area contributed by atoms with Gasteiger partial charge in [-0.3, -0.25) is 0 Å². The van der Waals surface area contributed by atoms with Crippen LogP contribution in [0.25, 0.3) is 10.6 Å². The van der Waals surface area contributed by atoms with Crippen LogP contribution in [0.4, 0.5) is 0 Å². The first kappa shape index (κ1) is 14.4. The van der Waals surface area contributed by atoms with Crippen LogP contribution < -0.4 is 0 Å². The molecule has 5 nitrogen and oxygen atoms in total. The van der Waals surface area contributed by atoms with Gasteiger partial charge < -0.3 is 0 Å². The molecule has 0 aliphatic carbocycles. The van der Waals surface area contributed by atoms with Crippen molar-refractivity contribution < 1.29 is 8.42 Å². The summed E-state index contributed by atoms with van der Waals surface area (Å²) in [5, 5.41) is 0.669. The van der Waals surface area contributed by atoms with Gasteiger partial charge in [-0.25, -0.2) is 22.7 Å². The quantitative estimate of drug-likeness (QED) is 0.639. The molecule has 0 saturated heterocycles. The number of nitrogens with zero attached hydrogens (tertiary/aromatic N) is 3. The fourth-order valence-electron chi connectivity index (χ4n) is 1.35. The van der Waals surface area contributed by atoms with Crippen LogP contribution in [-0.4, -0.2) is 43.0 Å². The van der Waals surface area contributed by atoms with Crippen LogP contribution in [0.2, 0.25) is 0 Å². The monoisotopic (exact) mass is 315 g/mol. The van der Waals surface area contributed by atoms with Gasteiger partial charge in [0, 0.05) is 20.3 Å². The molecule has 0 bridgehead atoms. The summed E-state index contributed by atoms with van der Waals surface area (Å²) in [5.41, 5.74) is 0.740. The second-order valence-corrected chi connectivity index (χ2v) is 8.07. The van der Waals surface area contributed by atoms with Crippen LogP contribution in [0.5, 0.6) is 0 Å². The van der Waals surface area contributed by atoms with Crippen LogP contribution >= 0.6 is 23.1 Å². The minimum atomic E-state index is -3.38. The van der Waals surface area contributed by atoms with E-state index in [2.05, 4.69) is 9.97 Å². The lowest BCUT2D eigenvalue weighted by Gasteiger charge is -2.08. The molecular weight excluding hydrogens is 302 g/mol. The summed E-state index contributed by atoms with van der Waals surface area (Å²) >= 11 is 2.66. The average Bonchev–Trinajstić information content (AvgIpc) is 2.89. The molecule has 2 aromatic rings. The molecule has 2 heterocycles. The molecule has 0 saturated carbocycles. The van der Waals surface area contributed by atoms with E-state index in [0.29, 0.717) is 9.37 Å². The fourth-order valence-corrected chi connectivity index (χ4v) is 4.15. The first-order chi connectivity index (χ1) is 8.95. The Bertz CT molecular complexity index is 680. The van der Waals surface area contributed by atoms with Crippen molar-refractivity contribution in [2.75, 3.05) is 20.4 Å². The molecule has 19 heavy (non-hydrogen) atoms. The highest BCUT2D eigenvalue weighted by Gasteiger charge is 2.20.